The minimum atomic E-state index is -0.315. The van der Waals surface area contributed by atoms with Crippen LogP contribution in [0, 0.1) is 18.3 Å². The lowest BCUT2D eigenvalue weighted by atomic mass is 10.2. The molecule has 0 radical (unpaired) electrons. The van der Waals surface area contributed by atoms with Crippen LogP contribution >= 0.6 is 0 Å². The Hall–Kier alpha value is -3.14. The molecule has 25 heavy (non-hydrogen) atoms. The van der Waals surface area contributed by atoms with E-state index in [0.717, 1.165) is 36.2 Å². The Morgan fingerprint density at radius 2 is 1.88 bits per heavy atom. The second-order valence-corrected chi connectivity index (χ2v) is 5.94. The topological polar surface area (TPSA) is 93.9 Å². The fourth-order valence-corrected chi connectivity index (χ4v) is 2.79. The van der Waals surface area contributed by atoms with Crippen molar-refractivity contribution in [1.82, 2.24) is 9.97 Å². The van der Waals surface area contributed by atoms with Gasteiger partial charge in [-0.3, -0.25) is 4.79 Å². The molecule has 3 rings (SSSR count). The summed E-state index contributed by atoms with van der Waals surface area (Å²) in [6.07, 6.45) is 2.25. The summed E-state index contributed by atoms with van der Waals surface area (Å²) < 4.78 is 0. The Balaban J connectivity index is 1.69. The maximum Gasteiger partial charge on any atom is 0.238 e. The molecule has 1 fully saturated rings. The number of nitriles is 1. The van der Waals surface area contributed by atoms with Gasteiger partial charge >= 0.3 is 0 Å². The van der Waals surface area contributed by atoms with Gasteiger partial charge in [-0.25, -0.2) is 9.97 Å². The van der Waals surface area contributed by atoms with E-state index < -0.39 is 0 Å². The van der Waals surface area contributed by atoms with Gasteiger partial charge in [0.15, 0.2) is 0 Å². The fourth-order valence-electron chi connectivity index (χ4n) is 2.79. The molecule has 128 valence electrons. The predicted molar refractivity (Wildman–Crippen MR) is 96.8 cm³/mol. The Kier molecular flexibility index (Phi) is 5.09. The first-order valence-electron chi connectivity index (χ1n) is 8.28. The number of benzene rings is 1. The van der Waals surface area contributed by atoms with Crippen molar-refractivity contribution >= 4 is 28.9 Å². The number of carbonyl (C=O) groups is 1. The molecule has 1 aromatic carbocycles. The van der Waals surface area contributed by atoms with E-state index in [9.17, 15) is 4.79 Å². The molecular weight excluding hydrogens is 316 g/mol. The second kappa shape index (κ2) is 7.62. The van der Waals surface area contributed by atoms with Gasteiger partial charge in [0.2, 0.25) is 5.91 Å². The summed E-state index contributed by atoms with van der Waals surface area (Å²) >= 11 is 0. The lowest BCUT2D eigenvalue weighted by molar-refractivity contribution is -0.115. The highest BCUT2D eigenvalue weighted by Gasteiger charge is 2.15. The zero-order valence-corrected chi connectivity index (χ0v) is 14.1. The first kappa shape index (κ1) is 16.7. The molecule has 0 atom stereocenters. The molecule has 7 heteroatoms. The third-order valence-corrected chi connectivity index (χ3v) is 3.94. The normalized spacial score (nSPS) is 13.4. The summed E-state index contributed by atoms with van der Waals surface area (Å²) in [6, 6.07) is 11.1. The fraction of sp³-hybridized carbons (Fsp3) is 0.333. The van der Waals surface area contributed by atoms with Crippen LogP contribution in [0.4, 0.5) is 23.0 Å². The average Bonchev–Trinajstić information content (AvgIpc) is 3.11. The Morgan fingerprint density at radius 3 is 2.56 bits per heavy atom. The van der Waals surface area contributed by atoms with E-state index in [4.69, 9.17) is 5.26 Å². The zero-order valence-electron chi connectivity index (χ0n) is 14.1. The molecular formula is C18H20N6O. The quantitative estimate of drug-likeness (QED) is 0.872. The van der Waals surface area contributed by atoms with E-state index in [1.807, 2.05) is 31.2 Å². The van der Waals surface area contributed by atoms with Crippen LogP contribution in [0.15, 0.2) is 30.3 Å². The Bertz CT molecular complexity index is 790. The Morgan fingerprint density at radius 1 is 1.20 bits per heavy atom. The van der Waals surface area contributed by atoms with Crippen molar-refractivity contribution in [3.05, 3.63) is 36.2 Å². The van der Waals surface area contributed by atoms with Crippen molar-refractivity contribution in [2.24, 2.45) is 0 Å². The molecule has 0 spiro atoms. The molecule has 0 bridgehead atoms. The van der Waals surface area contributed by atoms with Crippen molar-refractivity contribution in [3.8, 4) is 6.07 Å². The minimum absolute atomic E-state index is 0.153. The van der Waals surface area contributed by atoms with Crippen LogP contribution in [-0.2, 0) is 4.79 Å². The number of anilines is 4. The van der Waals surface area contributed by atoms with Gasteiger partial charge < -0.3 is 15.5 Å². The van der Waals surface area contributed by atoms with Crippen LogP contribution in [0.5, 0.6) is 0 Å². The standard InChI is InChI=1S/C18H20N6O/c1-13-20-16(12-17(21-13)24-10-2-3-11-24)22-14-4-6-15(7-5-14)23-18(25)8-9-19/h4-7,12H,2-3,8,10-11H2,1H3,(H,23,25)(H,20,21,22). The smallest absolute Gasteiger partial charge is 0.238 e. The highest BCUT2D eigenvalue weighted by atomic mass is 16.1. The highest BCUT2D eigenvalue weighted by Crippen LogP contribution is 2.23. The number of aromatic nitrogens is 2. The number of carbonyl (C=O) groups excluding carboxylic acids is 1. The molecule has 1 saturated heterocycles. The molecule has 0 aliphatic carbocycles. The van der Waals surface area contributed by atoms with Crippen molar-refractivity contribution in [2.45, 2.75) is 26.2 Å². The third kappa shape index (κ3) is 4.44. The van der Waals surface area contributed by atoms with Crippen LogP contribution < -0.4 is 15.5 Å². The molecule has 1 aliphatic heterocycles. The summed E-state index contributed by atoms with van der Waals surface area (Å²) in [4.78, 5) is 22.7. The Labute approximate surface area is 146 Å². The number of rotatable bonds is 5. The van der Waals surface area contributed by atoms with Gasteiger partial charge in [0, 0.05) is 30.5 Å². The lowest BCUT2D eigenvalue weighted by Gasteiger charge is -2.18. The summed E-state index contributed by atoms with van der Waals surface area (Å²) in [6.45, 7) is 3.96. The predicted octanol–water partition coefficient (Wildman–Crippen LogP) is 2.98. The summed E-state index contributed by atoms with van der Waals surface area (Å²) in [5.74, 6) is 2.11. The van der Waals surface area contributed by atoms with Crippen molar-refractivity contribution < 1.29 is 4.79 Å². The second-order valence-electron chi connectivity index (χ2n) is 5.94. The van der Waals surface area contributed by atoms with Crippen LogP contribution in [-0.4, -0.2) is 29.0 Å². The first-order chi connectivity index (χ1) is 12.1. The maximum atomic E-state index is 11.4. The van der Waals surface area contributed by atoms with Gasteiger partial charge in [-0.15, -0.1) is 0 Å². The SMILES string of the molecule is Cc1nc(Nc2ccc(NC(=O)CC#N)cc2)cc(N2CCCC2)n1. The number of nitrogens with one attached hydrogen (secondary N) is 2. The van der Waals surface area contributed by atoms with Crippen LogP contribution in [0.2, 0.25) is 0 Å². The molecule has 0 saturated carbocycles. The number of nitrogens with zero attached hydrogens (tertiary/aromatic N) is 4. The van der Waals surface area contributed by atoms with E-state index in [1.54, 1.807) is 12.1 Å². The average molecular weight is 336 g/mol. The third-order valence-electron chi connectivity index (χ3n) is 3.94. The number of hydrogen-bond acceptors (Lipinski definition) is 6. The van der Waals surface area contributed by atoms with Gasteiger partial charge in [0.05, 0.1) is 6.07 Å². The van der Waals surface area contributed by atoms with Crippen molar-refractivity contribution in [3.63, 3.8) is 0 Å². The summed E-state index contributed by atoms with van der Waals surface area (Å²) in [5.41, 5.74) is 1.52. The monoisotopic (exact) mass is 336 g/mol. The largest absolute Gasteiger partial charge is 0.356 e. The van der Waals surface area contributed by atoms with E-state index >= 15 is 0 Å². The first-order valence-corrected chi connectivity index (χ1v) is 8.28. The van der Waals surface area contributed by atoms with Crippen LogP contribution in [0.25, 0.3) is 0 Å². The van der Waals surface area contributed by atoms with E-state index in [-0.39, 0.29) is 12.3 Å². The molecule has 7 nitrogen and oxygen atoms in total. The van der Waals surface area contributed by atoms with Crippen LogP contribution in [0.3, 0.4) is 0 Å². The molecule has 2 aromatic rings. The molecule has 1 amide bonds. The summed E-state index contributed by atoms with van der Waals surface area (Å²) in [5, 5.41) is 14.4. The van der Waals surface area contributed by atoms with Gasteiger partial charge in [-0.05, 0) is 44.0 Å². The van der Waals surface area contributed by atoms with Crippen LogP contribution in [0.1, 0.15) is 25.1 Å². The van der Waals surface area contributed by atoms with Gasteiger partial charge in [0.1, 0.15) is 23.9 Å². The van der Waals surface area contributed by atoms with E-state index in [0.29, 0.717) is 5.69 Å². The minimum Gasteiger partial charge on any atom is -0.356 e. The molecule has 2 N–H and O–H groups in total. The van der Waals surface area contributed by atoms with Crippen molar-refractivity contribution in [1.29, 1.82) is 5.26 Å². The number of aryl methyl sites for hydroxylation is 1. The zero-order chi connectivity index (χ0) is 17.6. The maximum absolute atomic E-state index is 11.4. The highest BCUT2D eigenvalue weighted by molar-refractivity contribution is 5.92. The molecule has 2 heterocycles. The number of amides is 1. The van der Waals surface area contributed by atoms with Crippen molar-refractivity contribution in [2.75, 3.05) is 28.6 Å². The van der Waals surface area contributed by atoms with E-state index in [1.165, 1.54) is 12.8 Å². The van der Waals surface area contributed by atoms with Gasteiger partial charge in [-0.2, -0.15) is 5.26 Å². The molecule has 0 unspecified atom stereocenters. The van der Waals surface area contributed by atoms with E-state index in [2.05, 4.69) is 25.5 Å². The molecule has 1 aromatic heterocycles. The number of hydrogen-bond donors (Lipinski definition) is 2. The molecule has 1 aliphatic rings. The van der Waals surface area contributed by atoms with Gasteiger partial charge in [-0.1, -0.05) is 0 Å². The lowest BCUT2D eigenvalue weighted by Crippen LogP contribution is -2.19. The van der Waals surface area contributed by atoms with Gasteiger partial charge in [0.25, 0.3) is 0 Å². The summed E-state index contributed by atoms with van der Waals surface area (Å²) in [7, 11) is 0.